The standard InChI is InChI=1S/C59H86N2O34/c62-14-26-47-34(70)41(77)55(84-26)92-49-28(16-64)86-57(43(79)36(49)72)94-51-30(18-66)88-59(45(81)38(51)74)95-52-31(19-67)87-58(44(80)37(52)73)93-50-29(17-65)85-56(42(78)35(50)71)91-48-27(15-63)83-54(40(76)33(48)69)89-46-25(82-53(90-47)39(75)32(46)68)13-61-10-9-60-12-24-22-7-3-1-5-20(22)11-21-6-2-4-8-23(21)24/h1-8,11,25-81H,9-10,12-19H2/t25-,26-,27-,28-,29-,30-,31-,32-,33-,34-,35-,36-,37-,38-,39-,40-,41-,42-,43-,44-,45-,46-,47-,48-,49-,50-,51-,52-,53-,54-,55-,56-,57-,58-,59-/m1/s1. The van der Waals surface area contributed by atoms with Crippen LogP contribution in [0.25, 0.3) is 21.5 Å². The molecule has 21 fully saturated rings. The van der Waals surface area contributed by atoms with Gasteiger partial charge in [-0.2, -0.15) is 0 Å². The molecule has 0 radical (unpaired) electrons. The van der Waals surface area contributed by atoms with E-state index in [2.05, 4.69) is 16.7 Å². The van der Waals surface area contributed by atoms with Gasteiger partial charge < -0.3 is 179 Å². The summed E-state index contributed by atoms with van der Waals surface area (Å²) >= 11 is 0. The molecule has 0 unspecified atom stereocenters. The molecule has 21 saturated heterocycles. The third-order valence-electron chi connectivity index (χ3n) is 18.6. The summed E-state index contributed by atoms with van der Waals surface area (Å²) in [4.78, 5) is 0. The second kappa shape index (κ2) is 31.7. The van der Waals surface area contributed by atoms with Gasteiger partial charge in [0, 0.05) is 26.2 Å². The average Bonchev–Trinajstić information content (AvgIpc) is 0.816. The molecule has 36 heteroatoms. The van der Waals surface area contributed by atoms with Crippen molar-refractivity contribution in [2.24, 2.45) is 0 Å². The summed E-state index contributed by atoms with van der Waals surface area (Å²) in [5.74, 6) is 0. The van der Waals surface area contributed by atoms with Crippen LogP contribution in [0.2, 0.25) is 0 Å². The Morgan fingerprint density at radius 1 is 0.263 bits per heavy atom. The van der Waals surface area contributed by atoms with Gasteiger partial charge in [0.1, 0.15) is 171 Å². The van der Waals surface area contributed by atoms with E-state index in [0.29, 0.717) is 13.1 Å². The SMILES string of the molecule is OC[C@H]1O[C@@H]2O[C@H]3[C@H](O)[C@@H](O)[C@@H](O[C@H]4[C@H](O)[C@@H](O)[C@@H](O[C@H]5[C@H](O)[C@@H](O)[C@@H](O[C@H]6[C@H](O)[C@@H](O)[C@@H](O[C@H]7[C@H](O)[C@@H](O)[C@@H](O[C@H]8[C@H](O)[C@@H](O)[C@@H](O[C@H]1[C@H](O)[C@H]2O)O[C@@H]8CO)O[C@@H]7CO)O[C@@H]6CO)O[C@@H]5CNCCNCc1c2ccccc2cc2ccccc12)O[C@@H]4CO)O[C@@H]3CO. The molecule has 21 heterocycles. The molecule has 536 valence electrons. The molecular formula is C59H86N2O34. The number of aliphatic hydroxyl groups excluding tert-OH is 20. The molecule has 0 aromatic heterocycles. The molecule has 21 aliphatic heterocycles. The normalized spacial score (nSPS) is 47.2. The second-order valence-corrected chi connectivity index (χ2v) is 24.6. The lowest BCUT2D eigenvalue weighted by Gasteiger charge is -2.50. The highest BCUT2D eigenvalue weighted by molar-refractivity contribution is 6.02. The average molecular weight is 1370 g/mol. The Kier molecular flexibility index (Phi) is 24.4. The summed E-state index contributed by atoms with van der Waals surface area (Å²) in [6.07, 6.45) is -69.7. The highest BCUT2D eigenvalue weighted by Gasteiger charge is 2.59. The largest absolute Gasteiger partial charge is 0.394 e. The van der Waals surface area contributed by atoms with Crippen LogP contribution in [0.15, 0.2) is 54.6 Å². The zero-order valence-corrected chi connectivity index (χ0v) is 50.6. The Morgan fingerprint density at radius 2 is 0.484 bits per heavy atom. The van der Waals surface area contributed by atoms with Crippen LogP contribution in [-0.2, 0) is 72.9 Å². The van der Waals surface area contributed by atoms with Gasteiger partial charge in [0.15, 0.2) is 44.0 Å². The second-order valence-electron chi connectivity index (χ2n) is 24.6. The number of ether oxygens (including phenoxy) is 14. The van der Waals surface area contributed by atoms with E-state index in [0.717, 1.165) is 27.1 Å². The van der Waals surface area contributed by atoms with Crippen molar-refractivity contribution in [2.75, 3.05) is 59.3 Å². The molecule has 0 aliphatic carbocycles. The van der Waals surface area contributed by atoms with Crippen LogP contribution in [0.3, 0.4) is 0 Å². The lowest BCUT2D eigenvalue weighted by atomic mass is 9.95. The van der Waals surface area contributed by atoms with Crippen LogP contribution in [0, 0.1) is 0 Å². The van der Waals surface area contributed by atoms with Gasteiger partial charge in [-0.1, -0.05) is 48.5 Å². The van der Waals surface area contributed by atoms with Crippen molar-refractivity contribution in [3.05, 3.63) is 60.2 Å². The van der Waals surface area contributed by atoms with Gasteiger partial charge in [-0.05, 0) is 33.2 Å². The smallest absolute Gasteiger partial charge is 0.187 e. The van der Waals surface area contributed by atoms with Crippen molar-refractivity contribution < 1.29 is 168 Å². The quantitative estimate of drug-likeness (QED) is 0.0558. The van der Waals surface area contributed by atoms with Gasteiger partial charge in [-0.15, -0.1) is 0 Å². The van der Waals surface area contributed by atoms with Crippen molar-refractivity contribution in [1.29, 1.82) is 0 Å². The Balaban J connectivity index is 0.860. The number of fused-ring (bicyclic) bond motifs is 2. The fourth-order valence-corrected chi connectivity index (χ4v) is 13.4. The van der Waals surface area contributed by atoms with E-state index in [1.54, 1.807) is 0 Å². The molecule has 3 aromatic rings. The van der Waals surface area contributed by atoms with E-state index in [9.17, 15) is 102 Å². The Morgan fingerprint density at radius 3 is 0.737 bits per heavy atom. The minimum atomic E-state index is -2.21. The molecule has 22 N–H and O–H groups in total. The van der Waals surface area contributed by atoms with Gasteiger partial charge in [0.25, 0.3) is 0 Å². The summed E-state index contributed by atoms with van der Waals surface area (Å²) in [7, 11) is 0. The predicted octanol–water partition coefficient (Wildman–Crippen LogP) is -11.5. The van der Waals surface area contributed by atoms with E-state index < -0.39 is 255 Å². The van der Waals surface area contributed by atoms with E-state index in [1.165, 1.54) is 0 Å². The molecule has 0 spiro atoms. The van der Waals surface area contributed by atoms with Crippen molar-refractivity contribution in [3.8, 4) is 0 Å². The number of hydrogen-bond acceptors (Lipinski definition) is 36. The molecule has 24 rings (SSSR count). The van der Waals surface area contributed by atoms with Gasteiger partial charge in [-0.25, -0.2) is 0 Å². The minimum Gasteiger partial charge on any atom is -0.394 e. The van der Waals surface area contributed by atoms with Gasteiger partial charge in [0.05, 0.1) is 39.6 Å². The summed E-state index contributed by atoms with van der Waals surface area (Å²) in [6, 6.07) is 17.9. The summed E-state index contributed by atoms with van der Waals surface area (Å²) in [5, 5.41) is 236. The fourth-order valence-electron chi connectivity index (χ4n) is 13.4. The van der Waals surface area contributed by atoms with E-state index in [1.807, 2.05) is 48.5 Å². The monoisotopic (exact) mass is 1370 g/mol. The first-order valence-corrected chi connectivity index (χ1v) is 31.3. The van der Waals surface area contributed by atoms with Crippen molar-refractivity contribution in [3.63, 3.8) is 0 Å². The molecule has 0 amide bonds. The Labute approximate surface area is 540 Å². The molecule has 0 saturated carbocycles. The summed E-state index contributed by atoms with van der Waals surface area (Å²) in [6.45, 7) is -5.56. The Hall–Kier alpha value is -3.26. The van der Waals surface area contributed by atoms with Crippen LogP contribution in [-0.4, -0.2) is 376 Å². The van der Waals surface area contributed by atoms with Crippen molar-refractivity contribution in [2.45, 2.75) is 221 Å². The van der Waals surface area contributed by atoms with Gasteiger partial charge in [-0.3, -0.25) is 0 Å². The maximum atomic E-state index is 12.0. The van der Waals surface area contributed by atoms with Crippen LogP contribution >= 0.6 is 0 Å². The zero-order chi connectivity index (χ0) is 67.8. The lowest BCUT2D eigenvalue weighted by Crippen LogP contribution is -2.68. The third-order valence-corrected chi connectivity index (χ3v) is 18.6. The van der Waals surface area contributed by atoms with Gasteiger partial charge in [0.2, 0.25) is 0 Å². The highest BCUT2D eigenvalue weighted by Crippen LogP contribution is 2.39. The first-order valence-electron chi connectivity index (χ1n) is 31.3. The number of benzene rings is 3. The first-order chi connectivity index (χ1) is 45.6. The van der Waals surface area contributed by atoms with Crippen LogP contribution in [0.4, 0.5) is 0 Å². The minimum absolute atomic E-state index is 0.199. The fraction of sp³-hybridized carbons (Fsp3) is 0.763. The molecule has 21 aliphatic rings. The summed E-state index contributed by atoms with van der Waals surface area (Å²) in [5.41, 5.74) is 1.04. The third kappa shape index (κ3) is 14.8. The lowest BCUT2D eigenvalue weighted by molar-refractivity contribution is -0.396. The van der Waals surface area contributed by atoms with Crippen molar-refractivity contribution in [1.82, 2.24) is 10.6 Å². The predicted molar refractivity (Wildman–Crippen MR) is 307 cm³/mol. The molecule has 14 bridgehead atoms. The number of nitrogens with one attached hydrogen (secondary N) is 2. The van der Waals surface area contributed by atoms with Gasteiger partial charge >= 0.3 is 0 Å². The van der Waals surface area contributed by atoms with Crippen LogP contribution < -0.4 is 10.6 Å². The molecular weight excluding hydrogens is 1280 g/mol. The molecule has 35 atom stereocenters. The molecule has 36 nitrogen and oxygen atoms in total. The number of rotatable bonds is 13. The highest BCUT2D eigenvalue weighted by atomic mass is 16.8. The first kappa shape index (κ1) is 73.0. The summed E-state index contributed by atoms with van der Waals surface area (Å²) < 4.78 is 82.1. The van der Waals surface area contributed by atoms with Crippen LogP contribution in [0.1, 0.15) is 5.56 Å². The van der Waals surface area contributed by atoms with Crippen molar-refractivity contribution >= 4 is 21.5 Å². The number of aliphatic hydroxyl groups is 20. The topological polar surface area (TPSA) is 558 Å². The maximum absolute atomic E-state index is 12.0. The van der Waals surface area contributed by atoms with E-state index in [-0.39, 0.29) is 13.1 Å². The molecule has 3 aromatic carbocycles. The molecule has 95 heavy (non-hydrogen) atoms. The van der Waals surface area contributed by atoms with Crippen LogP contribution in [0.5, 0.6) is 0 Å². The maximum Gasteiger partial charge on any atom is 0.187 e. The zero-order valence-electron chi connectivity index (χ0n) is 50.6. The number of hydrogen-bond donors (Lipinski definition) is 22. The van der Waals surface area contributed by atoms with E-state index >= 15 is 0 Å². The van der Waals surface area contributed by atoms with E-state index in [4.69, 9.17) is 66.3 Å². The Bertz CT molecular complexity index is 2850.